The Morgan fingerprint density at radius 1 is 1.22 bits per heavy atom. The van der Waals surface area contributed by atoms with Crippen molar-refractivity contribution >= 4 is 17.6 Å². The molecule has 3 N–H and O–H groups in total. The molecule has 36 heavy (non-hydrogen) atoms. The number of ether oxygens (including phenoxy) is 2. The Labute approximate surface area is 216 Å². The van der Waals surface area contributed by atoms with E-state index in [4.69, 9.17) is 9.47 Å². The quantitative estimate of drug-likeness (QED) is 0.545. The Balaban J connectivity index is 2.46. The van der Waals surface area contributed by atoms with Crippen LogP contribution in [0.1, 0.15) is 64.2 Å². The summed E-state index contributed by atoms with van der Waals surface area (Å²) < 4.78 is 12.5. The van der Waals surface area contributed by atoms with Crippen LogP contribution in [0, 0.1) is 5.92 Å². The zero-order chi connectivity index (χ0) is 26.8. The first-order valence-corrected chi connectivity index (χ1v) is 13.1. The minimum absolute atomic E-state index is 0.0205. The molecule has 2 rings (SSSR count). The summed E-state index contributed by atoms with van der Waals surface area (Å²) in [6.07, 6.45) is 2.57. The molecule has 1 aliphatic rings. The Morgan fingerprint density at radius 3 is 2.58 bits per heavy atom. The lowest BCUT2D eigenvalue weighted by atomic mass is 10.0. The largest absolute Gasteiger partial charge is 0.490 e. The number of nitrogens with zero attached hydrogens (tertiary/aromatic N) is 2. The van der Waals surface area contributed by atoms with Crippen LogP contribution in [-0.4, -0.2) is 91.5 Å². The predicted molar refractivity (Wildman–Crippen MR) is 143 cm³/mol. The Kier molecular flexibility index (Phi) is 11.9. The van der Waals surface area contributed by atoms with Gasteiger partial charge in [0.05, 0.1) is 30.4 Å². The maximum atomic E-state index is 14.0. The van der Waals surface area contributed by atoms with Gasteiger partial charge in [-0.3, -0.25) is 4.79 Å². The number of aliphatic hydroxyl groups excluding tert-OH is 1. The lowest BCUT2D eigenvalue weighted by Gasteiger charge is -2.35. The molecule has 0 aliphatic carbocycles. The van der Waals surface area contributed by atoms with Gasteiger partial charge in [-0.15, -0.1) is 0 Å². The number of aliphatic hydroxyl groups is 1. The topological polar surface area (TPSA) is 103 Å². The van der Waals surface area contributed by atoms with E-state index < -0.39 is 6.04 Å². The van der Waals surface area contributed by atoms with Crippen molar-refractivity contribution in [1.29, 1.82) is 0 Å². The molecule has 1 aromatic rings. The molecule has 204 valence electrons. The number of fused-ring (bicyclic) bond motifs is 1. The molecular weight excluding hydrogens is 460 g/mol. The van der Waals surface area contributed by atoms with Crippen molar-refractivity contribution in [2.75, 3.05) is 45.7 Å². The summed E-state index contributed by atoms with van der Waals surface area (Å²) in [5.41, 5.74) is 0.856. The summed E-state index contributed by atoms with van der Waals surface area (Å²) in [5.74, 6) is 0.261. The van der Waals surface area contributed by atoms with Gasteiger partial charge in [-0.25, -0.2) is 4.79 Å². The Morgan fingerprint density at radius 2 is 1.94 bits per heavy atom. The van der Waals surface area contributed by atoms with Crippen LogP contribution in [0.3, 0.4) is 0 Å². The number of carbonyl (C=O) groups excluding carboxylic acids is 2. The fraction of sp³-hybridized carbons (Fsp3) is 0.704. The number of carbonyl (C=O) groups is 2. The Bertz CT molecular complexity index is 847. The monoisotopic (exact) mass is 506 g/mol. The van der Waals surface area contributed by atoms with E-state index >= 15 is 0 Å². The maximum Gasteiger partial charge on any atom is 0.319 e. The van der Waals surface area contributed by atoms with Gasteiger partial charge in [0.1, 0.15) is 5.75 Å². The number of hydrogen-bond donors (Lipinski definition) is 3. The highest BCUT2D eigenvalue weighted by Gasteiger charge is 2.30. The Hall–Kier alpha value is -2.36. The lowest BCUT2D eigenvalue weighted by molar-refractivity contribution is -0.0137. The van der Waals surface area contributed by atoms with E-state index in [2.05, 4.69) is 22.5 Å². The van der Waals surface area contributed by atoms with E-state index in [9.17, 15) is 14.7 Å². The first kappa shape index (κ1) is 29.9. The third-order valence-corrected chi connectivity index (χ3v) is 6.27. The molecule has 1 heterocycles. The summed E-state index contributed by atoms with van der Waals surface area (Å²) >= 11 is 0. The summed E-state index contributed by atoms with van der Waals surface area (Å²) in [4.78, 5) is 30.0. The van der Waals surface area contributed by atoms with Crippen LogP contribution >= 0.6 is 0 Å². The van der Waals surface area contributed by atoms with Crippen LogP contribution in [0.4, 0.5) is 10.5 Å². The lowest BCUT2D eigenvalue weighted by Crippen LogP contribution is -2.47. The molecule has 0 fully saturated rings. The first-order valence-electron chi connectivity index (χ1n) is 13.1. The van der Waals surface area contributed by atoms with Crippen LogP contribution in [0.2, 0.25) is 0 Å². The van der Waals surface area contributed by atoms with E-state index in [1.165, 1.54) is 0 Å². The van der Waals surface area contributed by atoms with Gasteiger partial charge >= 0.3 is 6.03 Å². The van der Waals surface area contributed by atoms with E-state index in [1.807, 2.05) is 41.8 Å². The number of nitrogens with one attached hydrogen (secondary N) is 2. The van der Waals surface area contributed by atoms with Gasteiger partial charge in [0.15, 0.2) is 0 Å². The molecular formula is C27H46N4O5. The molecule has 0 unspecified atom stereocenters. The third-order valence-electron chi connectivity index (χ3n) is 6.27. The number of urea groups is 1. The van der Waals surface area contributed by atoms with Gasteiger partial charge in [-0.1, -0.05) is 6.92 Å². The number of rotatable bonds is 6. The fourth-order valence-corrected chi connectivity index (χ4v) is 4.25. The standard InChI is InChI=1S/C27H46N4O5/c1-18(2)28-27(34)29-22-11-12-24-23(14-22)26(33)31(20(4)17-32)15-19(3)25(16-30(6)7)35-13-9-8-10-21(5)36-24/h11-12,14,18-21,25,32H,8-10,13,15-17H2,1-7H3,(H2,28,29,34)/t19-,20-,21-,25+/m1/s1. The molecule has 4 atom stereocenters. The van der Waals surface area contributed by atoms with Crippen molar-refractivity contribution in [1.82, 2.24) is 15.1 Å². The third kappa shape index (κ3) is 9.26. The van der Waals surface area contributed by atoms with Crippen molar-refractivity contribution in [3.63, 3.8) is 0 Å². The second-order valence-electron chi connectivity index (χ2n) is 10.5. The summed E-state index contributed by atoms with van der Waals surface area (Å²) in [6.45, 7) is 11.3. The average molecular weight is 507 g/mol. The van der Waals surface area contributed by atoms with E-state index in [0.717, 1.165) is 25.8 Å². The molecule has 3 amide bonds. The molecule has 1 aromatic carbocycles. The minimum Gasteiger partial charge on any atom is -0.490 e. The van der Waals surface area contributed by atoms with Gasteiger partial charge in [-0.2, -0.15) is 0 Å². The van der Waals surface area contributed by atoms with Crippen LogP contribution in [0.15, 0.2) is 18.2 Å². The molecule has 0 saturated carbocycles. The normalized spacial score (nSPS) is 23.0. The predicted octanol–water partition coefficient (Wildman–Crippen LogP) is 3.57. The summed E-state index contributed by atoms with van der Waals surface area (Å²) in [5, 5.41) is 15.6. The highest BCUT2D eigenvalue weighted by Crippen LogP contribution is 2.28. The van der Waals surface area contributed by atoms with E-state index in [-0.39, 0.29) is 42.7 Å². The second kappa shape index (κ2) is 14.4. The summed E-state index contributed by atoms with van der Waals surface area (Å²) in [6, 6.07) is 4.37. The highest BCUT2D eigenvalue weighted by atomic mass is 16.5. The van der Waals surface area contributed by atoms with Gasteiger partial charge in [-0.05, 0) is 79.3 Å². The zero-order valence-electron chi connectivity index (χ0n) is 23.0. The van der Waals surface area contributed by atoms with Gasteiger partial charge in [0.2, 0.25) is 0 Å². The fourth-order valence-electron chi connectivity index (χ4n) is 4.25. The summed E-state index contributed by atoms with van der Waals surface area (Å²) in [7, 11) is 4.03. The smallest absolute Gasteiger partial charge is 0.319 e. The molecule has 9 nitrogen and oxygen atoms in total. The molecule has 0 bridgehead atoms. The molecule has 9 heteroatoms. The van der Waals surface area contributed by atoms with Crippen molar-refractivity contribution in [3.05, 3.63) is 23.8 Å². The molecule has 0 radical (unpaired) electrons. The van der Waals surface area contributed by atoms with Gasteiger partial charge < -0.3 is 35.0 Å². The van der Waals surface area contributed by atoms with Crippen LogP contribution < -0.4 is 15.4 Å². The molecule has 0 spiro atoms. The maximum absolute atomic E-state index is 14.0. The minimum atomic E-state index is -0.404. The van der Waals surface area contributed by atoms with E-state index in [1.54, 1.807) is 23.1 Å². The van der Waals surface area contributed by atoms with Crippen LogP contribution in [0.5, 0.6) is 5.75 Å². The van der Waals surface area contributed by atoms with Crippen molar-refractivity contribution in [2.45, 2.75) is 78.2 Å². The number of hydrogen-bond acceptors (Lipinski definition) is 6. The van der Waals surface area contributed by atoms with Crippen LogP contribution in [0.25, 0.3) is 0 Å². The number of anilines is 1. The number of benzene rings is 1. The van der Waals surface area contributed by atoms with Crippen LogP contribution in [-0.2, 0) is 4.74 Å². The zero-order valence-corrected chi connectivity index (χ0v) is 23.0. The molecule has 0 saturated heterocycles. The van der Waals surface area contributed by atoms with Crippen molar-refractivity contribution < 1.29 is 24.2 Å². The van der Waals surface area contributed by atoms with Crippen molar-refractivity contribution in [2.24, 2.45) is 5.92 Å². The molecule has 0 aromatic heterocycles. The van der Waals surface area contributed by atoms with Gasteiger partial charge in [0.25, 0.3) is 5.91 Å². The van der Waals surface area contributed by atoms with Gasteiger partial charge in [0, 0.05) is 37.3 Å². The second-order valence-corrected chi connectivity index (χ2v) is 10.5. The SMILES string of the molecule is CC(C)NC(=O)Nc1ccc2c(c1)C(=O)N([C@H](C)CO)C[C@@H](C)[C@H](CN(C)C)OCCCC[C@@H](C)O2. The number of amides is 3. The first-order chi connectivity index (χ1) is 17.0. The van der Waals surface area contributed by atoms with Crippen molar-refractivity contribution in [3.8, 4) is 5.75 Å². The highest BCUT2D eigenvalue weighted by molar-refractivity contribution is 5.99. The number of likely N-dealkylation sites (N-methyl/N-ethyl adjacent to an activating group) is 1. The van der Waals surface area contributed by atoms with E-state index in [0.29, 0.717) is 30.2 Å². The molecule has 1 aliphatic heterocycles. The average Bonchev–Trinajstić information content (AvgIpc) is 2.80.